The SMILES string of the molecule is CCN(CCN(C)/C=C/C(=O)c1ccccc1O)c1cccc(CCCN)n1. The van der Waals surface area contributed by atoms with Crippen LogP contribution in [0.25, 0.3) is 0 Å². The Labute approximate surface area is 167 Å². The first kappa shape index (κ1) is 21.4. The second-order valence-electron chi connectivity index (χ2n) is 6.64. The fourth-order valence-corrected chi connectivity index (χ4v) is 2.82. The highest BCUT2D eigenvalue weighted by Gasteiger charge is 2.09. The van der Waals surface area contributed by atoms with Gasteiger partial charge in [0.1, 0.15) is 11.6 Å². The molecule has 0 bridgehead atoms. The molecule has 0 fully saturated rings. The van der Waals surface area contributed by atoms with E-state index in [4.69, 9.17) is 10.7 Å². The number of rotatable bonds is 11. The zero-order valence-electron chi connectivity index (χ0n) is 16.7. The third-order valence-electron chi connectivity index (χ3n) is 4.51. The smallest absolute Gasteiger partial charge is 0.190 e. The quantitative estimate of drug-likeness (QED) is 0.459. The Bertz CT molecular complexity index is 792. The molecule has 2 aromatic rings. The van der Waals surface area contributed by atoms with Crippen molar-refractivity contribution in [2.75, 3.05) is 38.1 Å². The molecule has 28 heavy (non-hydrogen) atoms. The van der Waals surface area contributed by atoms with Crippen LogP contribution in [-0.2, 0) is 6.42 Å². The van der Waals surface area contributed by atoms with Gasteiger partial charge in [-0.2, -0.15) is 0 Å². The number of nitrogens with zero attached hydrogens (tertiary/aromatic N) is 3. The second kappa shape index (κ2) is 11.1. The van der Waals surface area contributed by atoms with Crippen LogP contribution >= 0.6 is 0 Å². The zero-order valence-corrected chi connectivity index (χ0v) is 16.7. The zero-order chi connectivity index (χ0) is 20.4. The van der Waals surface area contributed by atoms with Crippen molar-refractivity contribution in [2.24, 2.45) is 5.73 Å². The van der Waals surface area contributed by atoms with Gasteiger partial charge in [0, 0.05) is 44.7 Å². The van der Waals surface area contributed by atoms with Crippen molar-refractivity contribution in [1.82, 2.24) is 9.88 Å². The number of anilines is 1. The number of carbonyl (C=O) groups is 1. The number of ketones is 1. The average Bonchev–Trinajstić information content (AvgIpc) is 2.71. The minimum atomic E-state index is -0.216. The molecule has 6 nitrogen and oxygen atoms in total. The first-order chi connectivity index (χ1) is 13.5. The number of nitrogens with two attached hydrogens (primary N) is 1. The van der Waals surface area contributed by atoms with Gasteiger partial charge in [-0.15, -0.1) is 0 Å². The molecule has 2 rings (SSSR count). The number of pyridine rings is 1. The third kappa shape index (κ3) is 6.39. The highest BCUT2D eigenvalue weighted by molar-refractivity contribution is 6.06. The van der Waals surface area contributed by atoms with Crippen molar-refractivity contribution in [3.63, 3.8) is 0 Å². The van der Waals surface area contributed by atoms with Crippen molar-refractivity contribution in [1.29, 1.82) is 0 Å². The van der Waals surface area contributed by atoms with Crippen LogP contribution in [0.4, 0.5) is 5.82 Å². The van der Waals surface area contributed by atoms with Crippen LogP contribution in [0.2, 0.25) is 0 Å². The van der Waals surface area contributed by atoms with Crippen molar-refractivity contribution < 1.29 is 9.90 Å². The molecule has 6 heteroatoms. The molecular formula is C22H30N4O2. The van der Waals surface area contributed by atoms with Gasteiger partial charge in [0.15, 0.2) is 5.78 Å². The van der Waals surface area contributed by atoms with Crippen LogP contribution < -0.4 is 10.6 Å². The molecule has 0 radical (unpaired) electrons. The van der Waals surface area contributed by atoms with Gasteiger partial charge < -0.3 is 20.6 Å². The number of hydrogen-bond donors (Lipinski definition) is 2. The van der Waals surface area contributed by atoms with Crippen LogP contribution in [0, 0.1) is 0 Å². The number of phenols is 1. The highest BCUT2D eigenvalue weighted by atomic mass is 16.3. The molecule has 0 atom stereocenters. The maximum absolute atomic E-state index is 12.2. The summed E-state index contributed by atoms with van der Waals surface area (Å²) < 4.78 is 0. The minimum Gasteiger partial charge on any atom is -0.507 e. The van der Waals surface area contributed by atoms with E-state index in [0.29, 0.717) is 12.1 Å². The number of aromatic nitrogens is 1. The number of aryl methyl sites for hydroxylation is 1. The summed E-state index contributed by atoms with van der Waals surface area (Å²) in [5.74, 6) is 0.740. The third-order valence-corrected chi connectivity index (χ3v) is 4.51. The Kier molecular flexibility index (Phi) is 8.49. The Morgan fingerprint density at radius 1 is 1.18 bits per heavy atom. The summed E-state index contributed by atoms with van der Waals surface area (Å²) in [6.45, 7) is 5.15. The van der Waals surface area contributed by atoms with Crippen molar-refractivity contribution in [3.8, 4) is 5.75 Å². The van der Waals surface area contributed by atoms with E-state index >= 15 is 0 Å². The van der Waals surface area contributed by atoms with Crippen LogP contribution in [0.5, 0.6) is 5.75 Å². The molecule has 3 N–H and O–H groups in total. The summed E-state index contributed by atoms with van der Waals surface area (Å²) in [6.07, 6.45) is 5.05. The lowest BCUT2D eigenvalue weighted by Crippen LogP contribution is -2.32. The summed E-state index contributed by atoms with van der Waals surface area (Å²) in [6, 6.07) is 12.6. The highest BCUT2D eigenvalue weighted by Crippen LogP contribution is 2.16. The molecule has 150 valence electrons. The van der Waals surface area contributed by atoms with E-state index in [0.717, 1.165) is 44.0 Å². The van der Waals surface area contributed by atoms with Gasteiger partial charge in [-0.1, -0.05) is 18.2 Å². The molecule has 0 saturated carbocycles. The molecule has 1 aromatic carbocycles. The van der Waals surface area contributed by atoms with Gasteiger partial charge >= 0.3 is 0 Å². The number of likely N-dealkylation sites (N-methyl/N-ethyl adjacent to an activating group) is 2. The van der Waals surface area contributed by atoms with Crippen LogP contribution in [-0.4, -0.2) is 54.0 Å². The number of carbonyl (C=O) groups excluding carboxylic acids is 1. The van der Waals surface area contributed by atoms with Crippen molar-refractivity contribution in [2.45, 2.75) is 19.8 Å². The van der Waals surface area contributed by atoms with Gasteiger partial charge in [0.2, 0.25) is 0 Å². The van der Waals surface area contributed by atoms with E-state index in [9.17, 15) is 9.90 Å². The first-order valence-corrected chi connectivity index (χ1v) is 9.66. The predicted molar refractivity (Wildman–Crippen MR) is 114 cm³/mol. The van der Waals surface area contributed by atoms with Crippen LogP contribution in [0.1, 0.15) is 29.4 Å². The second-order valence-corrected chi connectivity index (χ2v) is 6.64. The van der Waals surface area contributed by atoms with E-state index in [-0.39, 0.29) is 11.5 Å². The molecule has 1 aromatic heterocycles. The summed E-state index contributed by atoms with van der Waals surface area (Å²) >= 11 is 0. The van der Waals surface area contributed by atoms with E-state index in [2.05, 4.69) is 11.8 Å². The van der Waals surface area contributed by atoms with Crippen LogP contribution in [0.15, 0.2) is 54.7 Å². The summed E-state index contributed by atoms with van der Waals surface area (Å²) in [7, 11) is 1.92. The number of allylic oxidation sites excluding steroid dienone is 1. The van der Waals surface area contributed by atoms with Gasteiger partial charge in [-0.3, -0.25) is 4.79 Å². The Morgan fingerprint density at radius 2 is 1.96 bits per heavy atom. The molecular weight excluding hydrogens is 352 g/mol. The summed E-state index contributed by atoms with van der Waals surface area (Å²) in [5.41, 5.74) is 6.95. The van der Waals surface area contributed by atoms with Gasteiger partial charge in [0.05, 0.1) is 5.56 Å². The van der Waals surface area contributed by atoms with Gasteiger partial charge in [0.25, 0.3) is 0 Å². The molecule has 0 aliphatic heterocycles. The normalized spacial score (nSPS) is 11.0. The minimum absolute atomic E-state index is 0.00227. The monoisotopic (exact) mass is 382 g/mol. The molecule has 0 unspecified atom stereocenters. The number of benzene rings is 1. The van der Waals surface area contributed by atoms with E-state index in [1.165, 1.54) is 12.1 Å². The fourth-order valence-electron chi connectivity index (χ4n) is 2.82. The largest absolute Gasteiger partial charge is 0.507 e. The van der Waals surface area contributed by atoms with E-state index in [1.54, 1.807) is 24.4 Å². The van der Waals surface area contributed by atoms with E-state index in [1.807, 2.05) is 30.1 Å². The lowest BCUT2D eigenvalue weighted by molar-refractivity contribution is 0.104. The molecule has 0 amide bonds. The fraction of sp³-hybridized carbons (Fsp3) is 0.364. The topological polar surface area (TPSA) is 82.7 Å². The lowest BCUT2D eigenvalue weighted by Gasteiger charge is -2.25. The maximum Gasteiger partial charge on any atom is 0.190 e. The number of phenolic OH excluding ortho intramolecular Hbond substituents is 1. The number of para-hydroxylation sites is 1. The number of hydrogen-bond acceptors (Lipinski definition) is 6. The molecule has 1 heterocycles. The first-order valence-electron chi connectivity index (χ1n) is 9.66. The molecule has 0 aliphatic rings. The lowest BCUT2D eigenvalue weighted by atomic mass is 10.1. The van der Waals surface area contributed by atoms with Gasteiger partial charge in [-0.05, 0) is 50.6 Å². The summed E-state index contributed by atoms with van der Waals surface area (Å²) in [5, 5.41) is 9.77. The predicted octanol–water partition coefficient (Wildman–Crippen LogP) is 2.83. The van der Waals surface area contributed by atoms with Crippen LogP contribution in [0.3, 0.4) is 0 Å². The number of aromatic hydroxyl groups is 1. The molecule has 0 aliphatic carbocycles. The van der Waals surface area contributed by atoms with Crippen molar-refractivity contribution in [3.05, 3.63) is 66.0 Å². The molecule has 0 spiro atoms. The Balaban J connectivity index is 1.92. The Morgan fingerprint density at radius 3 is 2.68 bits per heavy atom. The maximum atomic E-state index is 12.2. The van der Waals surface area contributed by atoms with Crippen molar-refractivity contribution >= 4 is 11.6 Å². The van der Waals surface area contributed by atoms with E-state index < -0.39 is 0 Å². The van der Waals surface area contributed by atoms with Gasteiger partial charge in [-0.25, -0.2) is 4.98 Å². The summed E-state index contributed by atoms with van der Waals surface area (Å²) in [4.78, 5) is 21.1. The molecule has 0 saturated heterocycles. The standard InChI is InChI=1S/C22H30N4O2/c1-3-26(22-12-6-8-18(24-22)9-7-14-23)17-16-25(2)15-13-21(28)19-10-4-5-11-20(19)27/h4-6,8,10-13,15,27H,3,7,9,14,16-17,23H2,1-2H3/b15-13+. The Hall–Kier alpha value is -2.86. The average molecular weight is 383 g/mol.